The van der Waals surface area contributed by atoms with Crippen LogP contribution in [-0.4, -0.2) is 45.1 Å². The Morgan fingerprint density at radius 2 is 1.82 bits per heavy atom. The van der Waals surface area contributed by atoms with E-state index in [9.17, 15) is 32.7 Å². The average Bonchev–Trinajstić information content (AvgIpc) is 2.75. The number of nitrogens with zero attached hydrogens (tertiary/aromatic N) is 3. The molecule has 3 heterocycles. The second kappa shape index (κ2) is 8.57. The first kappa shape index (κ1) is 22.9. The van der Waals surface area contributed by atoms with Crippen LogP contribution in [-0.2, 0) is 6.42 Å². The van der Waals surface area contributed by atoms with Crippen molar-refractivity contribution in [3.8, 4) is 5.75 Å². The lowest BCUT2D eigenvalue weighted by atomic mass is 9.99. The molecule has 1 aromatic carbocycles. The smallest absolute Gasteiger partial charge is 0.278 e. The average molecular weight is 463 g/mol. The molecule has 2 aliphatic heterocycles. The summed E-state index contributed by atoms with van der Waals surface area (Å²) in [6, 6.07) is 1.01. The third kappa shape index (κ3) is 3.77. The van der Waals surface area contributed by atoms with Crippen molar-refractivity contribution in [2.75, 3.05) is 11.6 Å². The van der Waals surface area contributed by atoms with Crippen LogP contribution in [0.15, 0.2) is 23.1 Å². The molecule has 0 aliphatic carbocycles. The summed E-state index contributed by atoms with van der Waals surface area (Å²) in [5.74, 6) is -5.41. The Morgan fingerprint density at radius 3 is 2.45 bits per heavy atom. The molecular formula is C23H24F3N3O4. The predicted molar refractivity (Wildman–Crippen MR) is 113 cm³/mol. The SMILES string of the molecule is CCN1C(=O)c2c(O)c(=O)c(C(=O)CCc3c(F)cc(F)cc3F)cn2N2[C@H](C)CCC[C@@H]12. The normalized spacial score (nSPS) is 20.0. The third-order valence-electron chi connectivity index (χ3n) is 6.43. The number of hydrogen-bond donors (Lipinski definition) is 1. The van der Waals surface area contributed by atoms with E-state index >= 15 is 0 Å². The highest BCUT2D eigenvalue weighted by Gasteiger charge is 2.43. The summed E-state index contributed by atoms with van der Waals surface area (Å²) in [5.41, 5.74) is -2.07. The molecule has 2 aliphatic rings. The second-order valence-electron chi connectivity index (χ2n) is 8.42. The van der Waals surface area contributed by atoms with Gasteiger partial charge in [0.1, 0.15) is 23.6 Å². The summed E-state index contributed by atoms with van der Waals surface area (Å²) in [7, 11) is 0. The van der Waals surface area contributed by atoms with E-state index in [2.05, 4.69) is 0 Å². The number of piperidine rings is 1. The first-order chi connectivity index (χ1) is 15.6. The van der Waals surface area contributed by atoms with E-state index in [1.807, 2.05) is 18.9 Å². The number of rotatable bonds is 5. The third-order valence-corrected chi connectivity index (χ3v) is 6.43. The largest absolute Gasteiger partial charge is 0.502 e. The molecule has 1 N–H and O–H groups in total. The molecule has 1 amide bonds. The highest BCUT2D eigenvalue weighted by atomic mass is 19.1. The fraction of sp³-hybridized carbons (Fsp3) is 0.435. The van der Waals surface area contributed by atoms with Gasteiger partial charge in [-0.2, -0.15) is 0 Å². The Hall–Kier alpha value is -3.30. The van der Waals surface area contributed by atoms with E-state index < -0.39 is 58.7 Å². The number of amides is 1. The maximum Gasteiger partial charge on any atom is 0.278 e. The fourth-order valence-corrected chi connectivity index (χ4v) is 4.79. The zero-order valence-corrected chi connectivity index (χ0v) is 18.3. The van der Waals surface area contributed by atoms with Gasteiger partial charge in [-0.3, -0.25) is 24.1 Å². The van der Waals surface area contributed by atoms with Crippen molar-refractivity contribution in [3.05, 3.63) is 62.8 Å². The van der Waals surface area contributed by atoms with E-state index in [0.29, 0.717) is 25.1 Å². The standard InChI is InChI=1S/C23H24F3N3O4/c1-3-27-19-6-4-5-12(2)29(19)28-11-15(21(31)22(32)20(28)23(27)33)18(30)8-7-14-16(25)9-13(24)10-17(14)26/h9-12,19,32H,3-8H2,1-2H3/t12-,19+/m1/s1. The summed E-state index contributed by atoms with van der Waals surface area (Å²) in [4.78, 5) is 40.3. The molecule has 2 aromatic rings. The van der Waals surface area contributed by atoms with Crippen LogP contribution in [0.25, 0.3) is 0 Å². The van der Waals surface area contributed by atoms with Gasteiger partial charge in [-0.25, -0.2) is 13.2 Å². The van der Waals surface area contributed by atoms with Gasteiger partial charge in [0.2, 0.25) is 5.43 Å². The highest BCUT2D eigenvalue weighted by Crippen LogP contribution is 2.32. The Bertz CT molecular complexity index is 1170. The number of ketones is 1. The van der Waals surface area contributed by atoms with Crippen LogP contribution >= 0.6 is 0 Å². The first-order valence-corrected chi connectivity index (χ1v) is 10.9. The Morgan fingerprint density at radius 1 is 1.15 bits per heavy atom. The maximum atomic E-state index is 13.9. The number of benzene rings is 1. The number of carbonyl (C=O) groups excluding carboxylic acids is 2. The lowest BCUT2D eigenvalue weighted by Crippen LogP contribution is -2.65. The van der Waals surface area contributed by atoms with Crippen molar-refractivity contribution >= 4 is 11.7 Å². The molecule has 1 aromatic heterocycles. The van der Waals surface area contributed by atoms with Crippen LogP contribution in [0.1, 0.15) is 65.9 Å². The molecule has 0 radical (unpaired) electrons. The zero-order valence-electron chi connectivity index (χ0n) is 18.3. The van der Waals surface area contributed by atoms with Crippen LogP contribution in [0.3, 0.4) is 0 Å². The second-order valence-corrected chi connectivity index (χ2v) is 8.42. The van der Waals surface area contributed by atoms with Crippen LogP contribution in [0.5, 0.6) is 5.75 Å². The van der Waals surface area contributed by atoms with Crippen molar-refractivity contribution in [1.29, 1.82) is 0 Å². The Kier molecular flexibility index (Phi) is 5.94. The Labute approximate surface area is 188 Å². The number of aromatic nitrogens is 1. The number of Topliss-reactive ketones (excluding diaryl/α,β-unsaturated/α-hetero) is 1. The van der Waals surface area contributed by atoms with Crippen LogP contribution in [0.2, 0.25) is 0 Å². The quantitative estimate of drug-likeness (QED) is 0.690. The molecule has 10 heteroatoms. The van der Waals surface area contributed by atoms with E-state index in [1.54, 1.807) is 4.90 Å². The van der Waals surface area contributed by atoms with Gasteiger partial charge in [0.25, 0.3) is 5.91 Å². The van der Waals surface area contributed by atoms with Crippen molar-refractivity contribution in [2.45, 2.75) is 58.2 Å². The molecule has 0 spiro atoms. The maximum absolute atomic E-state index is 13.9. The van der Waals surface area contributed by atoms with Crippen molar-refractivity contribution in [1.82, 2.24) is 9.58 Å². The number of carbonyl (C=O) groups is 2. The van der Waals surface area contributed by atoms with Gasteiger partial charge in [-0.05, 0) is 39.5 Å². The Balaban J connectivity index is 1.73. The number of halogens is 3. The van der Waals surface area contributed by atoms with Gasteiger partial charge < -0.3 is 10.0 Å². The minimum absolute atomic E-state index is 0.0306. The number of hydrogen-bond acceptors (Lipinski definition) is 5. The number of aromatic hydroxyl groups is 1. The van der Waals surface area contributed by atoms with Gasteiger partial charge in [0.15, 0.2) is 17.2 Å². The topological polar surface area (TPSA) is 82.9 Å². The van der Waals surface area contributed by atoms with Crippen molar-refractivity contribution in [3.63, 3.8) is 0 Å². The van der Waals surface area contributed by atoms with Gasteiger partial charge in [0.05, 0.1) is 5.56 Å². The van der Waals surface area contributed by atoms with Gasteiger partial charge in [-0.15, -0.1) is 0 Å². The monoisotopic (exact) mass is 463 g/mol. The minimum atomic E-state index is -1.12. The summed E-state index contributed by atoms with van der Waals surface area (Å²) in [6.45, 7) is 4.15. The fourth-order valence-electron chi connectivity index (χ4n) is 4.79. The molecule has 7 nitrogen and oxygen atoms in total. The van der Waals surface area contributed by atoms with Gasteiger partial charge >= 0.3 is 0 Å². The summed E-state index contributed by atoms with van der Waals surface area (Å²) < 4.78 is 42.4. The molecule has 0 unspecified atom stereocenters. The van der Waals surface area contributed by atoms with Crippen LogP contribution in [0.4, 0.5) is 13.2 Å². The van der Waals surface area contributed by atoms with Gasteiger partial charge in [-0.1, -0.05) is 0 Å². The van der Waals surface area contributed by atoms with E-state index in [1.165, 1.54) is 10.9 Å². The van der Waals surface area contributed by atoms with Crippen LogP contribution < -0.4 is 10.4 Å². The summed E-state index contributed by atoms with van der Waals surface area (Å²) >= 11 is 0. The number of fused-ring (bicyclic) bond motifs is 3. The predicted octanol–water partition coefficient (Wildman–Crippen LogP) is 3.10. The molecule has 4 rings (SSSR count). The van der Waals surface area contributed by atoms with Crippen molar-refractivity contribution in [2.24, 2.45) is 0 Å². The molecule has 2 atom stereocenters. The van der Waals surface area contributed by atoms with E-state index in [4.69, 9.17) is 0 Å². The zero-order chi connectivity index (χ0) is 24.0. The molecule has 1 saturated heterocycles. The molecular weight excluding hydrogens is 439 g/mol. The van der Waals surface area contributed by atoms with Crippen LogP contribution in [0, 0.1) is 17.5 Å². The molecule has 176 valence electrons. The molecule has 1 fully saturated rings. The highest BCUT2D eigenvalue weighted by molar-refractivity contribution is 6.00. The first-order valence-electron chi connectivity index (χ1n) is 10.9. The molecule has 33 heavy (non-hydrogen) atoms. The summed E-state index contributed by atoms with van der Waals surface area (Å²) in [5, 5.41) is 12.5. The summed E-state index contributed by atoms with van der Waals surface area (Å²) in [6.07, 6.45) is 2.52. The molecule has 0 saturated carbocycles. The van der Waals surface area contributed by atoms with Gasteiger partial charge in [0, 0.05) is 42.9 Å². The van der Waals surface area contributed by atoms with E-state index in [0.717, 1.165) is 12.8 Å². The lowest BCUT2D eigenvalue weighted by molar-refractivity contribution is 0.0500. The molecule has 0 bridgehead atoms. The van der Waals surface area contributed by atoms with Crippen molar-refractivity contribution < 1.29 is 27.9 Å². The van der Waals surface area contributed by atoms with E-state index in [-0.39, 0.29) is 23.5 Å². The lowest BCUT2D eigenvalue weighted by Gasteiger charge is -2.51. The minimum Gasteiger partial charge on any atom is -0.502 e. The number of pyridine rings is 1.